The van der Waals surface area contributed by atoms with Gasteiger partial charge in [-0.05, 0) is 42.8 Å². The minimum atomic E-state index is -0.816. The SMILES string of the molecule is Cc1cc(N2C(=O)c3oc4ccc(F)cc4c(=O)c3[C@@H]2c2ccc(Cl)cc2)no1. The Bertz CT molecular complexity index is 1340. The van der Waals surface area contributed by atoms with Crippen molar-refractivity contribution in [3.63, 3.8) is 0 Å². The number of aromatic nitrogens is 1. The number of halogens is 2. The molecule has 0 aliphatic carbocycles. The summed E-state index contributed by atoms with van der Waals surface area (Å²) in [5.74, 6) is -0.453. The zero-order valence-corrected chi connectivity index (χ0v) is 15.7. The van der Waals surface area contributed by atoms with E-state index in [4.69, 9.17) is 20.5 Å². The molecule has 29 heavy (non-hydrogen) atoms. The molecule has 1 aliphatic heterocycles. The van der Waals surface area contributed by atoms with Crippen LogP contribution < -0.4 is 10.3 Å². The van der Waals surface area contributed by atoms with Crippen molar-refractivity contribution in [2.45, 2.75) is 13.0 Å². The molecular weight excluding hydrogens is 399 g/mol. The van der Waals surface area contributed by atoms with Crippen LogP contribution in [0.5, 0.6) is 0 Å². The molecule has 0 bridgehead atoms. The van der Waals surface area contributed by atoms with Crippen molar-refractivity contribution in [1.82, 2.24) is 5.16 Å². The van der Waals surface area contributed by atoms with E-state index in [0.29, 0.717) is 16.3 Å². The summed E-state index contributed by atoms with van der Waals surface area (Å²) in [4.78, 5) is 27.8. The van der Waals surface area contributed by atoms with Gasteiger partial charge < -0.3 is 8.94 Å². The molecule has 144 valence electrons. The molecule has 2 aromatic heterocycles. The van der Waals surface area contributed by atoms with Gasteiger partial charge in [-0.1, -0.05) is 28.9 Å². The number of amides is 1. The number of hydrogen-bond donors (Lipinski definition) is 0. The smallest absolute Gasteiger partial charge is 0.296 e. The van der Waals surface area contributed by atoms with E-state index in [-0.39, 0.29) is 28.1 Å². The van der Waals surface area contributed by atoms with E-state index in [2.05, 4.69) is 5.16 Å². The van der Waals surface area contributed by atoms with E-state index in [1.165, 1.54) is 17.0 Å². The van der Waals surface area contributed by atoms with Crippen molar-refractivity contribution in [1.29, 1.82) is 0 Å². The van der Waals surface area contributed by atoms with Gasteiger partial charge >= 0.3 is 0 Å². The third-order valence-electron chi connectivity index (χ3n) is 4.88. The minimum absolute atomic E-state index is 0.0636. The molecule has 1 amide bonds. The van der Waals surface area contributed by atoms with Gasteiger partial charge in [0.2, 0.25) is 5.76 Å². The first-order chi connectivity index (χ1) is 13.9. The van der Waals surface area contributed by atoms with E-state index < -0.39 is 23.2 Å². The molecule has 1 aliphatic rings. The van der Waals surface area contributed by atoms with Crippen molar-refractivity contribution < 1.29 is 18.1 Å². The lowest BCUT2D eigenvalue weighted by molar-refractivity contribution is 0.0969. The van der Waals surface area contributed by atoms with Crippen LogP contribution in [0.15, 0.2) is 62.3 Å². The highest BCUT2D eigenvalue weighted by atomic mass is 35.5. The van der Waals surface area contributed by atoms with Crippen LogP contribution in [0.3, 0.4) is 0 Å². The van der Waals surface area contributed by atoms with Crippen LogP contribution in [0.4, 0.5) is 10.2 Å². The van der Waals surface area contributed by atoms with Crippen LogP contribution in [0.1, 0.15) is 33.5 Å². The lowest BCUT2D eigenvalue weighted by Crippen LogP contribution is -2.29. The first-order valence-electron chi connectivity index (χ1n) is 8.72. The fourth-order valence-corrected chi connectivity index (χ4v) is 3.73. The summed E-state index contributed by atoms with van der Waals surface area (Å²) in [6.07, 6.45) is 0. The highest BCUT2D eigenvalue weighted by Crippen LogP contribution is 2.41. The molecule has 4 aromatic rings. The van der Waals surface area contributed by atoms with Crippen molar-refractivity contribution in [2.24, 2.45) is 0 Å². The Labute approximate surface area is 168 Å². The summed E-state index contributed by atoms with van der Waals surface area (Å²) in [5.41, 5.74) is 0.412. The summed E-state index contributed by atoms with van der Waals surface area (Å²) in [5, 5.41) is 4.51. The van der Waals surface area contributed by atoms with Crippen molar-refractivity contribution in [3.8, 4) is 0 Å². The lowest BCUT2D eigenvalue weighted by Gasteiger charge is -2.22. The molecular formula is C21H12ClFN2O4. The first kappa shape index (κ1) is 17.6. The average molecular weight is 411 g/mol. The van der Waals surface area contributed by atoms with Gasteiger partial charge in [-0.3, -0.25) is 14.5 Å². The van der Waals surface area contributed by atoms with Crippen LogP contribution in [-0.4, -0.2) is 11.1 Å². The summed E-state index contributed by atoms with van der Waals surface area (Å²) >= 11 is 6.00. The Morgan fingerprint density at radius 3 is 2.55 bits per heavy atom. The number of fused-ring (bicyclic) bond motifs is 2. The van der Waals surface area contributed by atoms with E-state index in [9.17, 15) is 14.0 Å². The third-order valence-corrected chi connectivity index (χ3v) is 5.13. The van der Waals surface area contributed by atoms with Gasteiger partial charge in [-0.15, -0.1) is 0 Å². The summed E-state index contributed by atoms with van der Waals surface area (Å²) < 4.78 is 24.6. The second-order valence-electron chi connectivity index (χ2n) is 6.74. The molecule has 5 rings (SSSR count). The summed E-state index contributed by atoms with van der Waals surface area (Å²) in [7, 11) is 0. The maximum Gasteiger partial charge on any atom is 0.296 e. The second kappa shape index (κ2) is 6.28. The second-order valence-corrected chi connectivity index (χ2v) is 7.18. The monoisotopic (exact) mass is 410 g/mol. The van der Waals surface area contributed by atoms with Crippen LogP contribution in [0.2, 0.25) is 5.02 Å². The molecule has 8 heteroatoms. The van der Waals surface area contributed by atoms with Crippen LogP contribution in [0.25, 0.3) is 11.0 Å². The standard InChI is InChI=1S/C21H12ClFN2O4/c1-10-8-16(24-29-10)25-18(11-2-4-12(22)5-3-11)17-19(26)14-9-13(23)6-7-15(14)28-20(17)21(25)27/h2-9,18H,1H3/t18-/m0/s1. The quantitative estimate of drug-likeness (QED) is 0.481. The fourth-order valence-electron chi connectivity index (χ4n) is 3.61. The van der Waals surface area contributed by atoms with Crippen molar-refractivity contribution in [2.75, 3.05) is 4.90 Å². The number of anilines is 1. The Hall–Kier alpha value is -3.45. The van der Waals surface area contributed by atoms with Crippen molar-refractivity contribution in [3.05, 3.63) is 92.2 Å². The van der Waals surface area contributed by atoms with E-state index in [1.807, 2.05) is 0 Å². The highest BCUT2D eigenvalue weighted by molar-refractivity contribution is 6.30. The van der Waals surface area contributed by atoms with Gasteiger partial charge in [0.1, 0.15) is 17.2 Å². The minimum Gasteiger partial charge on any atom is -0.450 e. The molecule has 0 N–H and O–H groups in total. The summed E-state index contributed by atoms with van der Waals surface area (Å²) in [6, 6.07) is 11.1. The Kier molecular flexibility index (Phi) is 3.82. The van der Waals surface area contributed by atoms with Crippen LogP contribution in [0, 0.1) is 12.7 Å². The van der Waals surface area contributed by atoms with Gasteiger partial charge in [0.25, 0.3) is 5.91 Å². The normalized spacial score (nSPS) is 15.9. The van der Waals surface area contributed by atoms with Gasteiger partial charge in [0.05, 0.1) is 17.0 Å². The predicted octanol–water partition coefficient (Wildman–Crippen LogP) is 4.63. The fraction of sp³-hybridized carbons (Fsp3) is 0.0952. The predicted molar refractivity (Wildman–Crippen MR) is 104 cm³/mol. The van der Waals surface area contributed by atoms with Crippen LogP contribution >= 0.6 is 11.6 Å². The van der Waals surface area contributed by atoms with E-state index >= 15 is 0 Å². The maximum atomic E-state index is 13.8. The van der Waals surface area contributed by atoms with Crippen LogP contribution in [-0.2, 0) is 0 Å². The average Bonchev–Trinajstić information content (AvgIpc) is 3.25. The number of carbonyl (C=O) groups is 1. The number of aryl methyl sites for hydroxylation is 1. The van der Waals surface area contributed by atoms with Gasteiger partial charge in [-0.25, -0.2) is 4.39 Å². The number of hydrogen-bond acceptors (Lipinski definition) is 5. The number of rotatable bonds is 2. The van der Waals surface area contributed by atoms with Gasteiger partial charge in [-0.2, -0.15) is 0 Å². The molecule has 0 saturated carbocycles. The first-order valence-corrected chi connectivity index (χ1v) is 9.10. The maximum absolute atomic E-state index is 13.8. The van der Waals surface area contributed by atoms with E-state index in [1.54, 1.807) is 37.3 Å². The number of benzene rings is 2. The topological polar surface area (TPSA) is 76.6 Å². The summed E-state index contributed by atoms with van der Waals surface area (Å²) in [6.45, 7) is 1.70. The Morgan fingerprint density at radius 2 is 1.86 bits per heavy atom. The Balaban J connectivity index is 1.83. The molecule has 0 unspecified atom stereocenters. The largest absolute Gasteiger partial charge is 0.450 e. The zero-order chi connectivity index (χ0) is 20.3. The molecule has 1 atom stereocenters. The third kappa shape index (κ3) is 2.66. The zero-order valence-electron chi connectivity index (χ0n) is 15.0. The Morgan fingerprint density at radius 1 is 1.10 bits per heavy atom. The molecule has 2 aromatic carbocycles. The molecule has 3 heterocycles. The molecule has 0 saturated heterocycles. The van der Waals surface area contributed by atoms with E-state index in [0.717, 1.165) is 6.07 Å². The number of nitrogens with zero attached hydrogens (tertiary/aromatic N) is 2. The highest BCUT2D eigenvalue weighted by Gasteiger charge is 2.44. The van der Waals surface area contributed by atoms with Gasteiger partial charge in [0, 0.05) is 11.1 Å². The molecule has 6 nitrogen and oxygen atoms in total. The van der Waals surface area contributed by atoms with Gasteiger partial charge in [0.15, 0.2) is 11.2 Å². The molecule has 0 spiro atoms. The lowest BCUT2D eigenvalue weighted by atomic mass is 9.98. The molecule has 0 radical (unpaired) electrons. The van der Waals surface area contributed by atoms with Crippen molar-refractivity contribution >= 4 is 34.3 Å². The number of carbonyl (C=O) groups excluding carboxylic acids is 1. The molecule has 0 fully saturated rings.